The minimum atomic E-state index is -2.30. The van der Waals surface area contributed by atoms with Crippen LogP contribution < -0.4 is 14.8 Å². The smallest absolute Gasteiger partial charge is 0.291 e. The number of carbonyl (C=O) groups excluding carboxylic acids is 1. The van der Waals surface area contributed by atoms with E-state index in [1.54, 1.807) is 0 Å². The Labute approximate surface area is 201 Å². The van der Waals surface area contributed by atoms with Gasteiger partial charge in [0, 0.05) is 0 Å². The number of benzene rings is 2. The topological polar surface area (TPSA) is 78.5 Å². The second kappa shape index (κ2) is 10.1. The first-order chi connectivity index (χ1) is 17.1. The molecule has 0 aliphatic heterocycles. The van der Waals surface area contributed by atoms with Crippen LogP contribution in [0.15, 0.2) is 47.1 Å². The molecule has 7 nitrogen and oxygen atoms in total. The minimum Gasteiger partial charge on any atom is -0.479 e. The number of furan rings is 1. The Morgan fingerprint density at radius 2 is 1.67 bits per heavy atom. The molecule has 2 heterocycles. The van der Waals surface area contributed by atoms with E-state index in [1.165, 1.54) is 29.2 Å². The molecule has 0 aliphatic carbocycles. The Bertz CT molecular complexity index is 1400. The van der Waals surface area contributed by atoms with Gasteiger partial charge in [-0.05, 0) is 37.6 Å². The van der Waals surface area contributed by atoms with Gasteiger partial charge in [-0.1, -0.05) is 17.7 Å². The summed E-state index contributed by atoms with van der Waals surface area (Å²) in [6.45, 7) is 3.30. The average Bonchev–Trinajstić information content (AvgIpc) is 3.50. The van der Waals surface area contributed by atoms with E-state index in [-0.39, 0.29) is 18.3 Å². The second-order valence-electron chi connectivity index (χ2n) is 7.72. The maximum Gasteiger partial charge on any atom is 0.291 e. The number of anilines is 1. The lowest BCUT2D eigenvalue weighted by Crippen LogP contribution is -2.11. The number of ether oxygens (including phenoxy) is 2. The Morgan fingerprint density at radius 3 is 2.36 bits per heavy atom. The molecule has 0 bridgehead atoms. The number of aryl methyl sites for hydroxylation is 2. The average molecular weight is 507 g/mol. The minimum absolute atomic E-state index is 0.0957. The predicted octanol–water partition coefficient (Wildman–Crippen LogP) is 5.66. The Kier molecular flexibility index (Phi) is 6.95. The predicted molar refractivity (Wildman–Crippen MR) is 116 cm³/mol. The third-order valence-electron chi connectivity index (χ3n) is 4.99. The van der Waals surface area contributed by atoms with Gasteiger partial charge in [0.1, 0.15) is 18.1 Å². The molecule has 1 N–H and O–H groups in total. The number of carbonyl (C=O) groups is 1. The van der Waals surface area contributed by atoms with Gasteiger partial charge in [-0.15, -0.1) is 0 Å². The van der Waals surface area contributed by atoms with Crippen LogP contribution in [-0.4, -0.2) is 15.7 Å². The molecule has 12 heteroatoms. The van der Waals surface area contributed by atoms with Crippen molar-refractivity contribution in [2.24, 2.45) is 0 Å². The molecule has 0 saturated heterocycles. The van der Waals surface area contributed by atoms with Gasteiger partial charge in [0.05, 0.1) is 18.1 Å². The van der Waals surface area contributed by atoms with Gasteiger partial charge in [-0.25, -0.2) is 17.9 Å². The van der Waals surface area contributed by atoms with Crippen LogP contribution in [0.1, 0.15) is 27.4 Å². The lowest BCUT2D eigenvalue weighted by atomic mass is 10.1. The van der Waals surface area contributed by atoms with E-state index >= 15 is 0 Å². The molecule has 4 rings (SSSR count). The quantitative estimate of drug-likeness (QED) is 0.189. The van der Waals surface area contributed by atoms with Crippen molar-refractivity contribution < 1.29 is 40.6 Å². The third-order valence-corrected chi connectivity index (χ3v) is 4.99. The van der Waals surface area contributed by atoms with Crippen LogP contribution in [0, 0.1) is 42.9 Å². The lowest BCUT2D eigenvalue weighted by Gasteiger charge is -2.09. The van der Waals surface area contributed by atoms with Gasteiger partial charge in [0.25, 0.3) is 5.91 Å². The molecule has 2 aromatic carbocycles. The van der Waals surface area contributed by atoms with Gasteiger partial charge >= 0.3 is 0 Å². The summed E-state index contributed by atoms with van der Waals surface area (Å²) in [7, 11) is 0. The van der Waals surface area contributed by atoms with Crippen molar-refractivity contribution in [1.29, 1.82) is 0 Å². The number of aromatic nitrogens is 2. The SMILES string of the molecule is Cc1ccc(OCn2cc(NC(=O)c3ccc(COc4c(F)c(F)c(F)c(F)c4F)o3)cn2)c(C)c1. The summed E-state index contributed by atoms with van der Waals surface area (Å²) in [4.78, 5) is 12.4. The molecular weight excluding hydrogens is 489 g/mol. The Balaban J connectivity index is 1.35. The summed E-state index contributed by atoms with van der Waals surface area (Å²) in [6, 6.07) is 8.25. The molecule has 0 aliphatic rings. The zero-order valence-corrected chi connectivity index (χ0v) is 18.9. The van der Waals surface area contributed by atoms with E-state index in [0.717, 1.165) is 11.1 Å². The molecule has 4 aromatic rings. The highest BCUT2D eigenvalue weighted by Gasteiger charge is 2.27. The first kappa shape index (κ1) is 24.8. The van der Waals surface area contributed by atoms with Gasteiger partial charge in [0.2, 0.25) is 29.1 Å². The number of nitrogens with one attached hydrogen (secondary N) is 1. The van der Waals surface area contributed by atoms with Gasteiger partial charge in [-0.2, -0.15) is 13.9 Å². The van der Waals surface area contributed by atoms with Crippen molar-refractivity contribution in [3.8, 4) is 11.5 Å². The van der Waals surface area contributed by atoms with Crippen LogP contribution in [0.3, 0.4) is 0 Å². The molecule has 0 saturated carbocycles. The fourth-order valence-corrected chi connectivity index (χ4v) is 3.22. The van der Waals surface area contributed by atoms with Crippen molar-refractivity contribution in [1.82, 2.24) is 9.78 Å². The van der Waals surface area contributed by atoms with Crippen molar-refractivity contribution in [3.63, 3.8) is 0 Å². The number of nitrogens with zero attached hydrogens (tertiary/aromatic N) is 2. The number of amides is 1. The standard InChI is InChI=1S/C24H18F5N3O4/c1-12-3-5-16(13(2)7-12)35-11-32-9-14(8-30-32)31-24(33)17-6-4-15(36-17)10-34-23-21(28)19(26)18(25)20(27)22(23)29/h3-9H,10-11H2,1-2H3,(H,31,33). The lowest BCUT2D eigenvalue weighted by molar-refractivity contribution is 0.0992. The first-order valence-corrected chi connectivity index (χ1v) is 10.4. The van der Waals surface area contributed by atoms with Gasteiger partial charge in [0.15, 0.2) is 18.2 Å². The number of hydrogen-bond acceptors (Lipinski definition) is 5. The van der Waals surface area contributed by atoms with Crippen LogP contribution in [-0.2, 0) is 13.3 Å². The monoisotopic (exact) mass is 507 g/mol. The van der Waals surface area contributed by atoms with E-state index in [9.17, 15) is 26.7 Å². The molecule has 36 heavy (non-hydrogen) atoms. The summed E-state index contributed by atoms with van der Waals surface area (Å²) >= 11 is 0. The zero-order valence-electron chi connectivity index (χ0n) is 18.9. The Morgan fingerprint density at radius 1 is 0.972 bits per heavy atom. The van der Waals surface area contributed by atoms with Crippen LogP contribution >= 0.6 is 0 Å². The summed E-state index contributed by atoms with van der Waals surface area (Å²) in [5.41, 5.74) is 2.41. The molecular formula is C24H18F5N3O4. The summed E-state index contributed by atoms with van der Waals surface area (Å²) in [5.74, 6) is -12.5. The summed E-state index contributed by atoms with van der Waals surface area (Å²) in [5, 5.41) is 6.65. The maximum atomic E-state index is 13.7. The van der Waals surface area contributed by atoms with E-state index in [2.05, 4.69) is 10.4 Å². The second-order valence-corrected chi connectivity index (χ2v) is 7.72. The number of halogens is 5. The van der Waals surface area contributed by atoms with E-state index in [4.69, 9.17) is 13.9 Å². The molecule has 0 fully saturated rings. The molecule has 0 atom stereocenters. The highest BCUT2D eigenvalue weighted by atomic mass is 19.2. The maximum absolute atomic E-state index is 13.7. The number of hydrogen-bond donors (Lipinski definition) is 1. The van der Waals surface area contributed by atoms with Crippen molar-refractivity contribution in [2.75, 3.05) is 5.32 Å². The fraction of sp³-hybridized carbons (Fsp3) is 0.167. The molecule has 188 valence electrons. The molecule has 2 aromatic heterocycles. The molecule has 0 unspecified atom stereocenters. The normalized spacial score (nSPS) is 11.0. The molecule has 1 amide bonds. The van der Waals surface area contributed by atoms with Crippen LogP contribution in [0.2, 0.25) is 0 Å². The molecule has 0 spiro atoms. The highest BCUT2D eigenvalue weighted by molar-refractivity contribution is 6.02. The van der Waals surface area contributed by atoms with E-state index in [0.29, 0.717) is 11.4 Å². The van der Waals surface area contributed by atoms with E-state index in [1.807, 2.05) is 32.0 Å². The van der Waals surface area contributed by atoms with Gasteiger partial charge in [-0.3, -0.25) is 4.79 Å². The third kappa shape index (κ3) is 5.16. The molecule has 0 radical (unpaired) electrons. The van der Waals surface area contributed by atoms with Gasteiger partial charge < -0.3 is 19.2 Å². The van der Waals surface area contributed by atoms with Crippen LogP contribution in [0.5, 0.6) is 11.5 Å². The Hall–Kier alpha value is -4.35. The van der Waals surface area contributed by atoms with Crippen LogP contribution in [0.4, 0.5) is 27.6 Å². The van der Waals surface area contributed by atoms with E-state index < -0.39 is 47.3 Å². The first-order valence-electron chi connectivity index (χ1n) is 10.4. The largest absolute Gasteiger partial charge is 0.479 e. The fourth-order valence-electron chi connectivity index (χ4n) is 3.22. The van der Waals surface area contributed by atoms with Crippen molar-refractivity contribution >= 4 is 11.6 Å². The van der Waals surface area contributed by atoms with Crippen molar-refractivity contribution in [2.45, 2.75) is 27.2 Å². The summed E-state index contributed by atoms with van der Waals surface area (Å²) < 4.78 is 84.2. The van der Waals surface area contributed by atoms with Crippen molar-refractivity contribution in [3.05, 3.63) is 94.5 Å². The highest BCUT2D eigenvalue weighted by Crippen LogP contribution is 2.30. The zero-order chi connectivity index (χ0) is 26.0. The van der Waals surface area contributed by atoms with Crippen LogP contribution in [0.25, 0.3) is 0 Å². The number of rotatable bonds is 8. The summed E-state index contributed by atoms with van der Waals surface area (Å²) in [6.07, 6.45) is 2.91.